The summed E-state index contributed by atoms with van der Waals surface area (Å²) in [4.78, 5) is 0. The maximum atomic E-state index is 11.5. The number of halogens is 1. The lowest BCUT2D eigenvalue weighted by atomic mass is 9.96. The Kier molecular flexibility index (Phi) is 5.29. The van der Waals surface area contributed by atoms with Gasteiger partial charge in [-0.2, -0.15) is 5.10 Å². The van der Waals surface area contributed by atoms with Crippen molar-refractivity contribution < 1.29 is 8.42 Å². The molecule has 0 spiro atoms. The highest BCUT2D eigenvalue weighted by molar-refractivity contribution is 7.91. The van der Waals surface area contributed by atoms with Gasteiger partial charge in [0.2, 0.25) is 0 Å². The van der Waals surface area contributed by atoms with Crippen molar-refractivity contribution in [1.82, 2.24) is 15.2 Å². The van der Waals surface area contributed by atoms with Crippen LogP contribution < -0.4 is 11.3 Å². The van der Waals surface area contributed by atoms with Crippen molar-refractivity contribution in [2.45, 2.75) is 38.6 Å². The second-order valence-electron chi connectivity index (χ2n) is 5.76. The summed E-state index contributed by atoms with van der Waals surface area (Å²) in [5, 5.41) is 5.08. The van der Waals surface area contributed by atoms with E-state index < -0.39 is 9.84 Å². The molecule has 3 N–H and O–H groups in total. The highest BCUT2D eigenvalue weighted by Crippen LogP contribution is 2.26. The highest BCUT2D eigenvalue weighted by atomic mass is 35.5. The second-order valence-corrected chi connectivity index (χ2v) is 8.36. The summed E-state index contributed by atoms with van der Waals surface area (Å²) in [6, 6.07) is 0.000839. The van der Waals surface area contributed by atoms with Gasteiger partial charge >= 0.3 is 0 Å². The standard InChI is InChI=1S/C13H23ClN4O2S/c1-3-11-13(14)12(18(2)17-11)7-10(16-15)6-9-4-5-21(19,20)8-9/h9-10,16H,3-8,15H2,1-2H3. The number of aryl methyl sites for hydroxylation is 2. The van der Waals surface area contributed by atoms with Crippen molar-refractivity contribution >= 4 is 21.4 Å². The van der Waals surface area contributed by atoms with E-state index in [1.54, 1.807) is 4.68 Å². The van der Waals surface area contributed by atoms with E-state index in [1.165, 1.54) is 0 Å². The minimum atomic E-state index is -2.85. The topological polar surface area (TPSA) is 90.0 Å². The molecule has 120 valence electrons. The summed E-state index contributed by atoms with van der Waals surface area (Å²) in [6.45, 7) is 2.01. The first-order valence-corrected chi connectivity index (χ1v) is 9.43. The predicted octanol–water partition coefficient (Wildman–Crippen LogP) is 0.835. The first-order chi connectivity index (χ1) is 9.86. The molecule has 1 saturated heterocycles. The third-order valence-electron chi connectivity index (χ3n) is 4.12. The van der Waals surface area contributed by atoms with Crippen LogP contribution in [0.1, 0.15) is 31.2 Å². The molecule has 2 unspecified atom stereocenters. The quantitative estimate of drug-likeness (QED) is 0.594. The predicted molar refractivity (Wildman–Crippen MR) is 83.8 cm³/mol. The molecule has 1 fully saturated rings. The fourth-order valence-corrected chi connectivity index (χ4v) is 5.20. The van der Waals surface area contributed by atoms with E-state index in [4.69, 9.17) is 17.4 Å². The van der Waals surface area contributed by atoms with Gasteiger partial charge in [0.05, 0.1) is 27.9 Å². The fraction of sp³-hybridized carbons (Fsp3) is 0.769. The molecular formula is C13H23ClN4O2S. The van der Waals surface area contributed by atoms with Gasteiger partial charge in [-0.25, -0.2) is 8.42 Å². The Morgan fingerprint density at radius 1 is 1.57 bits per heavy atom. The number of rotatable bonds is 6. The van der Waals surface area contributed by atoms with Crippen molar-refractivity contribution in [2.24, 2.45) is 18.8 Å². The molecule has 0 saturated carbocycles. The number of nitrogens with two attached hydrogens (primary N) is 1. The fourth-order valence-electron chi connectivity index (χ4n) is 2.95. The Morgan fingerprint density at radius 3 is 2.76 bits per heavy atom. The molecule has 6 nitrogen and oxygen atoms in total. The van der Waals surface area contributed by atoms with Crippen LogP contribution in [0, 0.1) is 5.92 Å². The average molecular weight is 335 g/mol. The lowest BCUT2D eigenvalue weighted by Gasteiger charge is -2.19. The van der Waals surface area contributed by atoms with E-state index in [0.717, 1.165) is 30.7 Å². The molecule has 1 aliphatic heterocycles. The van der Waals surface area contributed by atoms with Crippen molar-refractivity contribution in [3.05, 3.63) is 16.4 Å². The maximum absolute atomic E-state index is 11.5. The van der Waals surface area contributed by atoms with Gasteiger partial charge in [0.1, 0.15) is 0 Å². The van der Waals surface area contributed by atoms with Gasteiger partial charge in [-0.15, -0.1) is 0 Å². The Labute approximate surface area is 130 Å². The maximum Gasteiger partial charge on any atom is 0.150 e. The van der Waals surface area contributed by atoms with Crippen molar-refractivity contribution in [3.8, 4) is 0 Å². The van der Waals surface area contributed by atoms with Crippen LogP contribution >= 0.6 is 11.6 Å². The van der Waals surface area contributed by atoms with E-state index in [1.807, 2.05) is 14.0 Å². The Hall–Kier alpha value is -0.630. The van der Waals surface area contributed by atoms with E-state index in [0.29, 0.717) is 17.2 Å². The van der Waals surface area contributed by atoms with Crippen LogP contribution in [-0.4, -0.2) is 35.7 Å². The molecule has 0 aromatic carbocycles. The zero-order valence-corrected chi connectivity index (χ0v) is 14.0. The van der Waals surface area contributed by atoms with Crippen LogP contribution in [0.3, 0.4) is 0 Å². The number of sulfone groups is 1. The molecule has 2 atom stereocenters. The molecule has 8 heteroatoms. The third kappa shape index (κ3) is 3.97. The van der Waals surface area contributed by atoms with Crippen molar-refractivity contribution in [3.63, 3.8) is 0 Å². The number of nitrogens with zero attached hydrogens (tertiary/aromatic N) is 2. The number of nitrogens with one attached hydrogen (secondary N) is 1. The Bertz CT molecular complexity index is 600. The van der Waals surface area contributed by atoms with Crippen LogP contribution in [-0.2, 0) is 29.7 Å². The first-order valence-electron chi connectivity index (χ1n) is 7.23. The van der Waals surface area contributed by atoms with Gasteiger partial charge in [-0.05, 0) is 25.2 Å². The molecule has 2 rings (SSSR count). The van der Waals surface area contributed by atoms with Crippen LogP contribution in [0.5, 0.6) is 0 Å². The third-order valence-corrected chi connectivity index (χ3v) is 6.40. The van der Waals surface area contributed by atoms with Gasteiger partial charge in [0.15, 0.2) is 9.84 Å². The van der Waals surface area contributed by atoms with Crippen molar-refractivity contribution in [1.29, 1.82) is 0 Å². The molecule has 1 aliphatic rings. The molecule has 2 heterocycles. The number of hydrogen-bond acceptors (Lipinski definition) is 5. The number of hydrogen-bond donors (Lipinski definition) is 2. The normalized spacial score (nSPS) is 22.6. The van der Waals surface area contributed by atoms with Gasteiger partial charge in [0, 0.05) is 19.5 Å². The summed E-state index contributed by atoms with van der Waals surface area (Å²) in [5.74, 6) is 6.37. The second kappa shape index (κ2) is 6.64. The Morgan fingerprint density at radius 2 is 2.29 bits per heavy atom. The zero-order valence-electron chi connectivity index (χ0n) is 12.5. The minimum absolute atomic E-state index is 0.000839. The largest absolute Gasteiger partial charge is 0.271 e. The van der Waals surface area contributed by atoms with E-state index in [9.17, 15) is 8.42 Å². The van der Waals surface area contributed by atoms with Gasteiger partial charge in [0.25, 0.3) is 0 Å². The molecule has 0 aliphatic carbocycles. The number of aromatic nitrogens is 2. The first kappa shape index (κ1) is 16.7. The van der Waals surface area contributed by atoms with Crippen LogP contribution in [0.25, 0.3) is 0 Å². The number of hydrazine groups is 1. The van der Waals surface area contributed by atoms with Gasteiger partial charge in [-0.1, -0.05) is 18.5 Å². The highest BCUT2D eigenvalue weighted by Gasteiger charge is 2.30. The lowest BCUT2D eigenvalue weighted by molar-refractivity contribution is 0.402. The van der Waals surface area contributed by atoms with Crippen LogP contribution in [0.15, 0.2) is 0 Å². The van der Waals surface area contributed by atoms with Gasteiger partial charge < -0.3 is 0 Å². The molecule has 0 radical (unpaired) electrons. The van der Waals surface area contributed by atoms with Crippen LogP contribution in [0.4, 0.5) is 0 Å². The molecular weight excluding hydrogens is 312 g/mol. The SMILES string of the molecule is CCc1nn(C)c(CC(CC2CCS(=O)(=O)C2)NN)c1Cl. The summed E-state index contributed by atoms with van der Waals surface area (Å²) < 4.78 is 24.9. The van der Waals surface area contributed by atoms with E-state index >= 15 is 0 Å². The van der Waals surface area contributed by atoms with Crippen LogP contribution in [0.2, 0.25) is 5.02 Å². The molecule has 0 amide bonds. The molecule has 1 aromatic heterocycles. The monoisotopic (exact) mass is 334 g/mol. The molecule has 1 aromatic rings. The minimum Gasteiger partial charge on any atom is -0.271 e. The summed E-state index contributed by atoms with van der Waals surface area (Å²) >= 11 is 6.34. The summed E-state index contributed by atoms with van der Waals surface area (Å²) in [7, 11) is -0.982. The molecule has 21 heavy (non-hydrogen) atoms. The summed E-state index contributed by atoms with van der Waals surface area (Å²) in [6.07, 6.45) is 2.89. The lowest BCUT2D eigenvalue weighted by Crippen LogP contribution is -2.39. The average Bonchev–Trinajstić information content (AvgIpc) is 2.90. The smallest absolute Gasteiger partial charge is 0.150 e. The van der Waals surface area contributed by atoms with Crippen molar-refractivity contribution in [2.75, 3.05) is 11.5 Å². The van der Waals surface area contributed by atoms with E-state index in [-0.39, 0.29) is 17.7 Å². The van der Waals surface area contributed by atoms with Gasteiger partial charge in [-0.3, -0.25) is 16.0 Å². The zero-order chi connectivity index (χ0) is 15.6. The van der Waals surface area contributed by atoms with E-state index in [2.05, 4.69) is 10.5 Å². The molecule has 0 bridgehead atoms. The Balaban J connectivity index is 2.04. The summed E-state index contributed by atoms with van der Waals surface area (Å²) in [5.41, 5.74) is 4.62.